The molecule has 0 radical (unpaired) electrons. The molecule has 0 heterocycles. The molecule has 2 heteroatoms. The number of nitrogens with one attached hydrogen (secondary N) is 1. The minimum Gasteiger partial charge on any atom is -0.496 e. The highest BCUT2D eigenvalue weighted by Gasteiger charge is 2.40. The van der Waals surface area contributed by atoms with Crippen LogP contribution in [0.3, 0.4) is 0 Å². The van der Waals surface area contributed by atoms with Gasteiger partial charge < -0.3 is 10.1 Å². The third-order valence-corrected chi connectivity index (χ3v) is 5.69. The number of benzene rings is 1. The molecule has 4 atom stereocenters. The van der Waals surface area contributed by atoms with E-state index in [1.54, 1.807) is 7.11 Å². The first-order valence-corrected chi connectivity index (χ1v) is 8.59. The summed E-state index contributed by atoms with van der Waals surface area (Å²) in [7, 11) is 1.75. The fourth-order valence-electron chi connectivity index (χ4n) is 4.67. The summed E-state index contributed by atoms with van der Waals surface area (Å²) in [6.07, 6.45) is 7.26. The van der Waals surface area contributed by atoms with Gasteiger partial charge in [-0.15, -0.1) is 0 Å². The van der Waals surface area contributed by atoms with Crippen molar-refractivity contribution in [3.63, 3.8) is 0 Å². The molecule has 0 spiro atoms. The van der Waals surface area contributed by atoms with Crippen LogP contribution >= 0.6 is 0 Å². The predicted molar refractivity (Wildman–Crippen MR) is 87.7 cm³/mol. The molecule has 2 saturated carbocycles. The molecule has 2 fully saturated rings. The topological polar surface area (TPSA) is 21.3 Å². The average molecular weight is 287 g/mol. The smallest absolute Gasteiger partial charge is 0.121 e. The standard InChI is InChI=1S/C19H29NO/c1-4-20-18(12-17-11-14-5-6-15(17)10-14)16-7-8-19(21-3)13(2)9-16/h7-9,14-15,17-18,20H,4-6,10-12H2,1-3H3. The number of rotatable bonds is 6. The minimum atomic E-state index is 0.504. The number of aryl methyl sites for hydroxylation is 1. The van der Waals surface area contributed by atoms with Crippen molar-refractivity contribution >= 4 is 0 Å². The molecule has 1 aromatic rings. The number of fused-ring (bicyclic) bond motifs is 2. The molecule has 1 aromatic carbocycles. The summed E-state index contributed by atoms with van der Waals surface area (Å²) in [5.74, 6) is 3.99. The summed E-state index contributed by atoms with van der Waals surface area (Å²) < 4.78 is 5.39. The summed E-state index contributed by atoms with van der Waals surface area (Å²) in [6.45, 7) is 5.39. The second kappa shape index (κ2) is 6.39. The fraction of sp³-hybridized carbons (Fsp3) is 0.684. The van der Waals surface area contributed by atoms with E-state index in [1.165, 1.54) is 43.2 Å². The van der Waals surface area contributed by atoms with Crippen LogP contribution < -0.4 is 10.1 Å². The van der Waals surface area contributed by atoms with Crippen LogP contribution in [0.1, 0.15) is 56.2 Å². The van der Waals surface area contributed by atoms with Gasteiger partial charge in [-0.2, -0.15) is 0 Å². The molecule has 1 N–H and O–H groups in total. The van der Waals surface area contributed by atoms with Crippen LogP contribution in [-0.2, 0) is 0 Å². The van der Waals surface area contributed by atoms with Crippen LogP contribution in [0.5, 0.6) is 5.75 Å². The Morgan fingerprint density at radius 1 is 1.29 bits per heavy atom. The van der Waals surface area contributed by atoms with Crippen molar-refractivity contribution in [1.29, 1.82) is 0 Å². The van der Waals surface area contributed by atoms with Crippen molar-refractivity contribution in [2.75, 3.05) is 13.7 Å². The van der Waals surface area contributed by atoms with E-state index >= 15 is 0 Å². The predicted octanol–water partition coefficient (Wildman–Crippen LogP) is 4.48. The molecule has 0 aliphatic heterocycles. The average Bonchev–Trinajstić information content (AvgIpc) is 3.09. The number of methoxy groups -OCH3 is 1. The van der Waals surface area contributed by atoms with E-state index in [0.29, 0.717) is 6.04 Å². The van der Waals surface area contributed by atoms with Gasteiger partial charge in [0, 0.05) is 6.04 Å². The highest BCUT2D eigenvalue weighted by atomic mass is 16.5. The molecule has 0 saturated heterocycles. The third-order valence-electron chi connectivity index (χ3n) is 5.69. The lowest BCUT2D eigenvalue weighted by Crippen LogP contribution is -2.25. The zero-order valence-corrected chi connectivity index (χ0v) is 13.7. The normalized spacial score (nSPS) is 28.8. The second-order valence-electron chi connectivity index (χ2n) is 7.01. The maximum Gasteiger partial charge on any atom is 0.121 e. The Morgan fingerprint density at radius 2 is 2.14 bits per heavy atom. The van der Waals surface area contributed by atoms with E-state index in [0.717, 1.165) is 30.0 Å². The van der Waals surface area contributed by atoms with Gasteiger partial charge in [-0.1, -0.05) is 25.5 Å². The summed E-state index contributed by atoms with van der Waals surface area (Å²) >= 11 is 0. The van der Waals surface area contributed by atoms with Crippen molar-refractivity contribution in [2.45, 2.75) is 52.0 Å². The molecular formula is C19H29NO. The SMILES string of the molecule is CCNC(CC1CC2CCC1C2)c1ccc(OC)c(C)c1. The molecule has 116 valence electrons. The fourth-order valence-corrected chi connectivity index (χ4v) is 4.67. The lowest BCUT2D eigenvalue weighted by Gasteiger charge is -2.28. The maximum absolute atomic E-state index is 5.39. The molecule has 2 nitrogen and oxygen atoms in total. The van der Waals surface area contributed by atoms with Crippen LogP contribution in [0.4, 0.5) is 0 Å². The molecule has 4 unspecified atom stereocenters. The van der Waals surface area contributed by atoms with E-state index in [4.69, 9.17) is 4.74 Å². The quantitative estimate of drug-likeness (QED) is 0.833. The lowest BCUT2D eigenvalue weighted by molar-refractivity contribution is 0.280. The van der Waals surface area contributed by atoms with Gasteiger partial charge in [0.05, 0.1) is 7.11 Å². The molecule has 2 bridgehead atoms. The van der Waals surface area contributed by atoms with E-state index in [9.17, 15) is 0 Å². The summed E-state index contributed by atoms with van der Waals surface area (Å²) in [4.78, 5) is 0. The molecule has 2 aliphatic rings. The van der Waals surface area contributed by atoms with E-state index < -0.39 is 0 Å². The Bertz CT molecular complexity index is 484. The Morgan fingerprint density at radius 3 is 2.71 bits per heavy atom. The zero-order chi connectivity index (χ0) is 14.8. The number of hydrogen-bond donors (Lipinski definition) is 1. The van der Waals surface area contributed by atoms with Gasteiger partial charge in [0.2, 0.25) is 0 Å². The van der Waals surface area contributed by atoms with E-state index in [1.807, 2.05) is 0 Å². The van der Waals surface area contributed by atoms with E-state index in [-0.39, 0.29) is 0 Å². The van der Waals surface area contributed by atoms with Gasteiger partial charge in [0.25, 0.3) is 0 Å². The van der Waals surface area contributed by atoms with Gasteiger partial charge in [0.15, 0.2) is 0 Å². The molecule has 21 heavy (non-hydrogen) atoms. The van der Waals surface area contributed by atoms with Gasteiger partial charge in [-0.05, 0) is 74.1 Å². The summed E-state index contributed by atoms with van der Waals surface area (Å²) in [5.41, 5.74) is 2.67. The van der Waals surface area contributed by atoms with Crippen LogP contribution in [0.25, 0.3) is 0 Å². The molecule has 3 rings (SSSR count). The Balaban J connectivity index is 1.73. The highest BCUT2D eigenvalue weighted by Crippen LogP contribution is 2.51. The van der Waals surface area contributed by atoms with Crippen LogP contribution in [0, 0.1) is 24.7 Å². The van der Waals surface area contributed by atoms with Crippen LogP contribution in [0.15, 0.2) is 18.2 Å². The summed E-state index contributed by atoms with van der Waals surface area (Å²) in [6, 6.07) is 7.17. The maximum atomic E-state index is 5.39. The van der Waals surface area contributed by atoms with Crippen molar-refractivity contribution < 1.29 is 4.74 Å². The lowest BCUT2D eigenvalue weighted by atomic mass is 9.82. The largest absolute Gasteiger partial charge is 0.496 e. The highest BCUT2D eigenvalue weighted by molar-refractivity contribution is 5.37. The zero-order valence-electron chi connectivity index (χ0n) is 13.7. The van der Waals surface area contributed by atoms with Gasteiger partial charge in [0.1, 0.15) is 5.75 Å². The van der Waals surface area contributed by atoms with Crippen LogP contribution in [-0.4, -0.2) is 13.7 Å². The Labute approximate surface area is 129 Å². The number of hydrogen-bond acceptors (Lipinski definition) is 2. The summed E-state index contributed by atoms with van der Waals surface area (Å²) in [5, 5.41) is 3.71. The van der Waals surface area contributed by atoms with E-state index in [2.05, 4.69) is 37.4 Å². The van der Waals surface area contributed by atoms with Crippen LogP contribution in [0.2, 0.25) is 0 Å². The first-order valence-electron chi connectivity index (χ1n) is 8.59. The Kier molecular flexibility index (Phi) is 4.54. The monoisotopic (exact) mass is 287 g/mol. The van der Waals surface area contributed by atoms with Gasteiger partial charge in [-0.25, -0.2) is 0 Å². The first kappa shape index (κ1) is 14.9. The van der Waals surface area contributed by atoms with Crippen molar-refractivity contribution in [3.05, 3.63) is 29.3 Å². The Hall–Kier alpha value is -1.02. The number of ether oxygens (including phenoxy) is 1. The molecule has 0 aromatic heterocycles. The minimum absolute atomic E-state index is 0.504. The first-order chi connectivity index (χ1) is 10.2. The molecule has 0 amide bonds. The van der Waals surface area contributed by atoms with Gasteiger partial charge >= 0.3 is 0 Å². The third kappa shape index (κ3) is 3.11. The second-order valence-corrected chi connectivity index (χ2v) is 7.01. The molecule has 2 aliphatic carbocycles. The van der Waals surface area contributed by atoms with Crippen molar-refractivity contribution in [1.82, 2.24) is 5.32 Å². The van der Waals surface area contributed by atoms with Gasteiger partial charge in [-0.3, -0.25) is 0 Å². The molecular weight excluding hydrogens is 258 g/mol. The van der Waals surface area contributed by atoms with Crippen molar-refractivity contribution in [2.24, 2.45) is 17.8 Å². The van der Waals surface area contributed by atoms with Crippen molar-refractivity contribution in [3.8, 4) is 5.75 Å².